The number of carbonyl (C=O) groups excluding carboxylic acids is 1. The quantitative estimate of drug-likeness (QED) is 0.609. The third-order valence-corrected chi connectivity index (χ3v) is 4.31. The lowest BCUT2D eigenvalue weighted by molar-refractivity contribution is -0.275. The third-order valence-electron chi connectivity index (χ3n) is 3.99. The Labute approximate surface area is 169 Å². The van der Waals surface area contributed by atoms with Gasteiger partial charge in [0.25, 0.3) is 5.91 Å². The molecule has 0 radical (unpaired) electrons. The van der Waals surface area contributed by atoms with Crippen molar-refractivity contribution in [3.8, 4) is 11.4 Å². The predicted octanol–water partition coefficient (Wildman–Crippen LogP) is 4.40. The van der Waals surface area contributed by atoms with Gasteiger partial charge in [0.2, 0.25) is 5.82 Å². The zero-order chi connectivity index (χ0) is 21.2. The summed E-state index contributed by atoms with van der Waals surface area (Å²) in [5.74, 6) is -0.583. The highest BCUT2D eigenvalue weighted by Gasteiger charge is 2.32. The molecule has 1 amide bonds. The Bertz CT molecular complexity index is 1040. The van der Waals surface area contributed by atoms with E-state index in [2.05, 4.69) is 14.8 Å². The number of para-hydroxylation sites is 2. The molecule has 0 aliphatic rings. The van der Waals surface area contributed by atoms with Gasteiger partial charge in [0, 0.05) is 19.2 Å². The summed E-state index contributed by atoms with van der Waals surface area (Å²) in [5, 5.41) is 4.64. The van der Waals surface area contributed by atoms with E-state index >= 15 is 0 Å². The lowest BCUT2D eigenvalue weighted by Crippen LogP contribution is -2.28. The molecule has 0 fully saturated rings. The Morgan fingerprint density at radius 2 is 1.83 bits per heavy atom. The van der Waals surface area contributed by atoms with Gasteiger partial charge in [-0.05, 0) is 25.1 Å². The zero-order valence-electron chi connectivity index (χ0n) is 15.4. The number of nitrogens with zero attached hydrogens (tertiary/aromatic N) is 4. The molecule has 1 aromatic heterocycles. The van der Waals surface area contributed by atoms with Crippen LogP contribution in [-0.4, -0.2) is 39.0 Å². The molecule has 0 aliphatic heterocycles. The van der Waals surface area contributed by atoms with E-state index in [0.29, 0.717) is 16.5 Å². The number of ether oxygens (including phenoxy) is 1. The second kappa shape index (κ2) is 8.12. The van der Waals surface area contributed by atoms with E-state index in [4.69, 9.17) is 11.6 Å². The van der Waals surface area contributed by atoms with Crippen molar-refractivity contribution in [2.24, 2.45) is 0 Å². The Kier molecular flexibility index (Phi) is 5.78. The minimum atomic E-state index is -4.83. The fraction of sp³-hybridized carbons (Fsp3) is 0.211. The Balaban J connectivity index is 1.82. The standard InChI is InChI=1S/C19H16ClF3N4O2/c1-12-24-17(25-27(12)15-9-5-4-8-14(15)20)18(28)26(2)11-13-7-3-6-10-16(13)29-19(21,22)23/h3-10H,11H2,1-2H3. The highest BCUT2D eigenvalue weighted by Crippen LogP contribution is 2.27. The molecular weight excluding hydrogens is 409 g/mol. The summed E-state index contributed by atoms with van der Waals surface area (Å²) in [7, 11) is 1.44. The molecule has 3 rings (SSSR count). The number of benzene rings is 2. The van der Waals surface area contributed by atoms with E-state index < -0.39 is 12.3 Å². The number of rotatable bonds is 5. The molecule has 29 heavy (non-hydrogen) atoms. The molecule has 6 nitrogen and oxygen atoms in total. The Hall–Kier alpha value is -3.07. The molecule has 0 N–H and O–H groups in total. The lowest BCUT2D eigenvalue weighted by Gasteiger charge is -2.18. The van der Waals surface area contributed by atoms with Gasteiger partial charge in [-0.15, -0.1) is 18.3 Å². The maximum absolute atomic E-state index is 12.7. The molecule has 0 unspecified atom stereocenters. The first-order valence-electron chi connectivity index (χ1n) is 8.43. The zero-order valence-corrected chi connectivity index (χ0v) is 16.2. The largest absolute Gasteiger partial charge is 0.573 e. The van der Waals surface area contributed by atoms with Crippen LogP contribution in [0.4, 0.5) is 13.2 Å². The van der Waals surface area contributed by atoms with E-state index in [-0.39, 0.29) is 23.7 Å². The molecular formula is C19H16ClF3N4O2. The molecule has 0 atom stereocenters. The lowest BCUT2D eigenvalue weighted by atomic mass is 10.2. The second-order valence-electron chi connectivity index (χ2n) is 6.16. The molecule has 0 aliphatic carbocycles. The van der Waals surface area contributed by atoms with E-state index in [1.165, 1.54) is 34.8 Å². The van der Waals surface area contributed by atoms with Crippen LogP contribution in [0.3, 0.4) is 0 Å². The summed E-state index contributed by atoms with van der Waals surface area (Å²) in [4.78, 5) is 18.1. The number of alkyl halides is 3. The van der Waals surface area contributed by atoms with Crippen molar-refractivity contribution in [1.82, 2.24) is 19.7 Å². The Morgan fingerprint density at radius 3 is 2.52 bits per heavy atom. The summed E-state index contributed by atoms with van der Waals surface area (Å²) >= 11 is 6.17. The van der Waals surface area contributed by atoms with E-state index in [1.54, 1.807) is 37.3 Å². The van der Waals surface area contributed by atoms with E-state index in [1.807, 2.05) is 0 Å². The molecule has 0 spiro atoms. The van der Waals surface area contributed by atoms with Crippen molar-refractivity contribution in [3.05, 3.63) is 70.8 Å². The van der Waals surface area contributed by atoms with Crippen molar-refractivity contribution in [2.75, 3.05) is 7.05 Å². The molecule has 10 heteroatoms. The fourth-order valence-electron chi connectivity index (χ4n) is 2.69. The van der Waals surface area contributed by atoms with Crippen molar-refractivity contribution >= 4 is 17.5 Å². The highest BCUT2D eigenvalue weighted by atomic mass is 35.5. The van der Waals surface area contributed by atoms with Crippen molar-refractivity contribution in [1.29, 1.82) is 0 Å². The van der Waals surface area contributed by atoms with Crippen LogP contribution in [0.2, 0.25) is 5.02 Å². The molecule has 0 saturated carbocycles. The first-order chi connectivity index (χ1) is 13.7. The van der Waals surface area contributed by atoms with Crippen LogP contribution in [0.5, 0.6) is 5.75 Å². The third kappa shape index (κ3) is 4.86. The minimum absolute atomic E-state index is 0.0980. The SMILES string of the molecule is Cc1nc(C(=O)N(C)Cc2ccccc2OC(F)(F)F)nn1-c1ccccc1Cl. The van der Waals surface area contributed by atoms with Crippen LogP contribution in [0, 0.1) is 6.92 Å². The van der Waals surface area contributed by atoms with Crippen LogP contribution in [0.15, 0.2) is 48.5 Å². The van der Waals surface area contributed by atoms with Crippen LogP contribution in [-0.2, 0) is 6.54 Å². The predicted molar refractivity (Wildman–Crippen MR) is 100 cm³/mol. The normalized spacial score (nSPS) is 11.4. The first-order valence-corrected chi connectivity index (χ1v) is 8.81. The van der Waals surface area contributed by atoms with E-state index in [0.717, 1.165) is 0 Å². The highest BCUT2D eigenvalue weighted by molar-refractivity contribution is 6.32. The Morgan fingerprint density at radius 1 is 1.17 bits per heavy atom. The molecule has 0 bridgehead atoms. The second-order valence-corrected chi connectivity index (χ2v) is 6.57. The maximum atomic E-state index is 12.7. The summed E-state index contributed by atoms with van der Waals surface area (Å²) in [6.07, 6.45) is -4.83. The molecule has 0 saturated heterocycles. The van der Waals surface area contributed by atoms with Gasteiger partial charge in [0.15, 0.2) is 0 Å². The number of hydrogen-bond acceptors (Lipinski definition) is 4. The topological polar surface area (TPSA) is 60.3 Å². The van der Waals surface area contributed by atoms with Crippen LogP contribution in [0.25, 0.3) is 5.69 Å². The molecule has 3 aromatic rings. The number of halogens is 4. The minimum Gasteiger partial charge on any atom is -0.405 e. The summed E-state index contributed by atoms with van der Waals surface area (Å²) in [5.41, 5.74) is 0.757. The van der Waals surface area contributed by atoms with Gasteiger partial charge < -0.3 is 9.64 Å². The van der Waals surface area contributed by atoms with Gasteiger partial charge in [0.1, 0.15) is 11.6 Å². The van der Waals surface area contributed by atoms with Gasteiger partial charge >= 0.3 is 6.36 Å². The summed E-state index contributed by atoms with van der Waals surface area (Å²) in [6, 6.07) is 12.6. The van der Waals surface area contributed by atoms with Gasteiger partial charge in [-0.1, -0.05) is 41.9 Å². The average Bonchev–Trinajstić information content (AvgIpc) is 3.03. The molecule has 152 valence electrons. The van der Waals surface area contributed by atoms with Crippen LogP contribution < -0.4 is 4.74 Å². The van der Waals surface area contributed by atoms with Gasteiger partial charge in [-0.25, -0.2) is 9.67 Å². The fourth-order valence-corrected chi connectivity index (χ4v) is 2.90. The monoisotopic (exact) mass is 424 g/mol. The number of carbonyl (C=O) groups is 1. The van der Waals surface area contributed by atoms with E-state index in [9.17, 15) is 18.0 Å². The number of amides is 1. The average molecular weight is 425 g/mol. The van der Waals surface area contributed by atoms with Crippen LogP contribution >= 0.6 is 11.6 Å². The smallest absolute Gasteiger partial charge is 0.405 e. The van der Waals surface area contributed by atoms with Gasteiger partial charge in [-0.3, -0.25) is 4.79 Å². The maximum Gasteiger partial charge on any atom is 0.573 e. The summed E-state index contributed by atoms with van der Waals surface area (Å²) in [6.45, 7) is 1.55. The number of hydrogen-bond donors (Lipinski definition) is 0. The van der Waals surface area contributed by atoms with Gasteiger partial charge in [-0.2, -0.15) is 0 Å². The molecule has 2 aromatic carbocycles. The number of aromatic nitrogens is 3. The first kappa shape index (κ1) is 20.7. The van der Waals surface area contributed by atoms with Crippen LogP contribution in [0.1, 0.15) is 22.0 Å². The summed E-state index contributed by atoms with van der Waals surface area (Å²) < 4.78 is 43.2. The van der Waals surface area contributed by atoms with Gasteiger partial charge in [0.05, 0.1) is 10.7 Å². The van der Waals surface area contributed by atoms with Crippen molar-refractivity contribution in [2.45, 2.75) is 19.8 Å². The van der Waals surface area contributed by atoms with Crippen molar-refractivity contribution < 1.29 is 22.7 Å². The van der Waals surface area contributed by atoms with Crippen molar-refractivity contribution in [3.63, 3.8) is 0 Å². The number of aryl methyl sites for hydroxylation is 1. The molecule has 1 heterocycles.